The van der Waals surface area contributed by atoms with Crippen molar-refractivity contribution in [3.8, 4) is 0 Å². The van der Waals surface area contributed by atoms with Crippen LogP contribution in [0.5, 0.6) is 0 Å². The van der Waals surface area contributed by atoms with Crippen LogP contribution in [0.1, 0.15) is 19.7 Å². The lowest BCUT2D eigenvalue weighted by atomic mass is 10.3. The maximum absolute atomic E-state index is 6.06. The zero-order valence-electron chi connectivity index (χ0n) is 10.7. The van der Waals surface area contributed by atoms with Gasteiger partial charge < -0.3 is 9.64 Å². The van der Waals surface area contributed by atoms with E-state index < -0.39 is 0 Å². The summed E-state index contributed by atoms with van der Waals surface area (Å²) in [5.41, 5.74) is 0. The van der Waals surface area contributed by atoms with Gasteiger partial charge in [-0.05, 0) is 13.8 Å². The maximum Gasteiger partial charge on any atom is 0.158 e. The van der Waals surface area contributed by atoms with E-state index in [4.69, 9.17) is 16.3 Å². The molecule has 0 amide bonds. The van der Waals surface area contributed by atoms with Crippen LogP contribution in [0.25, 0.3) is 0 Å². The van der Waals surface area contributed by atoms with Crippen molar-refractivity contribution in [3.63, 3.8) is 0 Å². The number of rotatable bonds is 4. The van der Waals surface area contributed by atoms with Gasteiger partial charge in [-0.25, -0.2) is 9.97 Å². The van der Waals surface area contributed by atoms with Gasteiger partial charge in [0, 0.05) is 36.8 Å². The first kappa shape index (κ1) is 13.9. The van der Waals surface area contributed by atoms with Crippen LogP contribution in [0.3, 0.4) is 0 Å². The van der Waals surface area contributed by atoms with E-state index in [-0.39, 0.29) is 0 Å². The van der Waals surface area contributed by atoms with Crippen molar-refractivity contribution >= 4 is 29.2 Å². The summed E-state index contributed by atoms with van der Waals surface area (Å²) < 4.78 is 5.34. The van der Waals surface area contributed by atoms with E-state index in [1.54, 1.807) is 0 Å². The molecule has 1 atom stereocenters. The number of hydrogen-bond acceptors (Lipinski definition) is 5. The molecule has 0 aromatic carbocycles. The highest BCUT2D eigenvalue weighted by molar-refractivity contribution is 7.99. The average Bonchev–Trinajstić information content (AvgIpc) is 2.36. The van der Waals surface area contributed by atoms with E-state index in [1.165, 1.54) is 0 Å². The Morgan fingerprint density at radius 3 is 3.11 bits per heavy atom. The van der Waals surface area contributed by atoms with Crippen molar-refractivity contribution < 1.29 is 4.74 Å². The fraction of sp³-hybridized carbons (Fsp3) is 0.667. The van der Waals surface area contributed by atoms with Crippen LogP contribution in [0, 0.1) is 0 Å². The first-order valence-electron chi connectivity index (χ1n) is 6.16. The molecular formula is C12H18ClN3OS. The van der Waals surface area contributed by atoms with Crippen LogP contribution in [0.15, 0.2) is 6.07 Å². The number of ether oxygens (including phenoxy) is 1. The highest BCUT2D eigenvalue weighted by Crippen LogP contribution is 2.24. The Kier molecular flexibility index (Phi) is 5.09. The van der Waals surface area contributed by atoms with Crippen molar-refractivity contribution in [2.45, 2.75) is 26.5 Å². The zero-order chi connectivity index (χ0) is 13.0. The van der Waals surface area contributed by atoms with Crippen LogP contribution < -0.4 is 4.90 Å². The monoisotopic (exact) mass is 287 g/mol. The third kappa shape index (κ3) is 3.49. The molecule has 1 unspecified atom stereocenters. The Balaban J connectivity index is 2.18. The number of halogens is 1. The fourth-order valence-electron chi connectivity index (χ4n) is 1.92. The Bertz CT molecular complexity index is 405. The molecule has 2 heterocycles. The summed E-state index contributed by atoms with van der Waals surface area (Å²) in [5.74, 6) is 3.83. The lowest BCUT2D eigenvalue weighted by Gasteiger charge is -2.34. The van der Waals surface area contributed by atoms with Gasteiger partial charge in [-0.1, -0.05) is 11.6 Å². The van der Waals surface area contributed by atoms with Gasteiger partial charge in [0.2, 0.25) is 0 Å². The minimum Gasteiger partial charge on any atom is -0.374 e. The second-order valence-electron chi connectivity index (χ2n) is 4.22. The SMILES string of the molecule is CCOCc1nc(Cl)cc(N2CCSCC2C)n1. The lowest BCUT2D eigenvalue weighted by molar-refractivity contribution is 0.128. The van der Waals surface area contributed by atoms with Gasteiger partial charge >= 0.3 is 0 Å². The summed E-state index contributed by atoms with van der Waals surface area (Å²) in [4.78, 5) is 11.0. The molecule has 4 nitrogen and oxygen atoms in total. The summed E-state index contributed by atoms with van der Waals surface area (Å²) in [6.45, 7) is 6.25. The molecule has 0 aliphatic carbocycles. The Labute approximate surface area is 117 Å². The van der Waals surface area contributed by atoms with E-state index >= 15 is 0 Å². The molecule has 1 aliphatic heterocycles. The van der Waals surface area contributed by atoms with Crippen LogP contribution in [0.4, 0.5) is 5.82 Å². The number of nitrogens with zero attached hydrogens (tertiary/aromatic N) is 3. The molecule has 1 aromatic rings. The zero-order valence-corrected chi connectivity index (χ0v) is 12.3. The van der Waals surface area contributed by atoms with Crippen molar-refractivity contribution in [1.29, 1.82) is 0 Å². The number of aromatic nitrogens is 2. The topological polar surface area (TPSA) is 38.2 Å². The van der Waals surface area contributed by atoms with E-state index in [0.717, 1.165) is 23.9 Å². The molecule has 1 aromatic heterocycles. The number of anilines is 1. The molecule has 18 heavy (non-hydrogen) atoms. The predicted molar refractivity (Wildman–Crippen MR) is 76.5 cm³/mol. The maximum atomic E-state index is 6.06. The molecule has 0 spiro atoms. The number of hydrogen-bond donors (Lipinski definition) is 0. The minimum absolute atomic E-state index is 0.418. The Hall–Kier alpha value is -0.520. The average molecular weight is 288 g/mol. The smallest absolute Gasteiger partial charge is 0.158 e. The highest BCUT2D eigenvalue weighted by atomic mass is 35.5. The molecular weight excluding hydrogens is 270 g/mol. The van der Waals surface area contributed by atoms with Gasteiger partial charge in [-0.3, -0.25) is 0 Å². The first-order valence-corrected chi connectivity index (χ1v) is 7.69. The van der Waals surface area contributed by atoms with E-state index in [0.29, 0.717) is 30.2 Å². The summed E-state index contributed by atoms with van der Waals surface area (Å²) in [6, 6.07) is 2.32. The van der Waals surface area contributed by atoms with Gasteiger partial charge in [0.05, 0.1) is 0 Å². The highest BCUT2D eigenvalue weighted by Gasteiger charge is 2.21. The van der Waals surface area contributed by atoms with Crippen molar-refractivity contribution in [2.24, 2.45) is 0 Å². The van der Waals surface area contributed by atoms with Crippen molar-refractivity contribution in [2.75, 3.05) is 29.6 Å². The van der Waals surface area contributed by atoms with Crippen LogP contribution in [-0.2, 0) is 11.3 Å². The number of thioether (sulfide) groups is 1. The van der Waals surface area contributed by atoms with E-state index in [9.17, 15) is 0 Å². The van der Waals surface area contributed by atoms with Gasteiger partial charge in [0.1, 0.15) is 17.6 Å². The first-order chi connectivity index (χ1) is 8.70. The summed E-state index contributed by atoms with van der Waals surface area (Å²) in [6.07, 6.45) is 0. The summed E-state index contributed by atoms with van der Waals surface area (Å²) >= 11 is 8.04. The quantitative estimate of drug-likeness (QED) is 0.796. The van der Waals surface area contributed by atoms with E-state index in [1.807, 2.05) is 24.8 Å². The summed E-state index contributed by atoms with van der Waals surface area (Å²) in [7, 11) is 0. The molecule has 0 N–H and O–H groups in total. The molecule has 100 valence electrons. The van der Waals surface area contributed by atoms with Crippen LogP contribution in [-0.4, -0.2) is 40.7 Å². The minimum atomic E-state index is 0.418. The van der Waals surface area contributed by atoms with E-state index in [2.05, 4.69) is 21.8 Å². The Morgan fingerprint density at radius 2 is 2.39 bits per heavy atom. The van der Waals surface area contributed by atoms with Crippen molar-refractivity contribution in [3.05, 3.63) is 17.0 Å². The molecule has 6 heteroatoms. The fourth-order valence-corrected chi connectivity index (χ4v) is 3.13. The van der Waals surface area contributed by atoms with Crippen LogP contribution in [0.2, 0.25) is 5.15 Å². The van der Waals surface area contributed by atoms with Crippen molar-refractivity contribution in [1.82, 2.24) is 9.97 Å². The Morgan fingerprint density at radius 1 is 1.56 bits per heavy atom. The third-order valence-electron chi connectivity index (χ3n) is 2.82. The standard InChI is InChI=1S/C12H18ClN3OS/c1-3-17-7-11-14-10(13)6-12(15-11)16-4-5-18-8-9(16)2/h6,9H,3-5,7-8H2,1-2H3. The third-order valence-corrected chi connectivity index (χ3v) is 4.21. The lowest BCUT2D eigenvalue weighted by Crippen LogP contribution is -2.41. The van der Waals surface area contributed by atoms with Gasteiger partial charge in [0.25, 0.3) is 0 Å². The molecule has 1 aliphatic rings. The largest absolute Gasteiger partial charge is 0.374 e. The predicted octanol–water partition coefficient (Wildman–Crippen LogP) is 2.61. The second-order valence-corrected chi connectivity index (χ2v) is 5.76. The summed E-state index contributed by atoms with van der Waals surface area (Å²) in [5, 5.41) is 0.486. The van der Waals surface area contributed by atoms with Gasteiger partial charge in [-0.2, -0.15) is 11.8 Å². The van der Waals surface area contributed by atoms with Gasteiger partial charge in [0.15, 0.2) is 5.82 Å². The molecule has 0 radical (unpaired) electrons. The molecule has 1 fully saturated rings. The molecule has 0 saturated carbocycles. The molecule has 0 bridgehead atoms. The van der Waals surface area contributed by atoms with Gasteiger partial charge in [-0.15, -0.1) is 0 Å². The molecule has 2 rings (SSSR count). The molecule has 1 saturated heterocycles. The normalized spacial score (nSPS) is 20.2. The van der Waals surface area contributed by atoms with Crippen LogP contribution >= 0.6 is 23.4 Å². The second kappa shape index (κ2) is 6.59.